The maximum absolute atomic E-state index is 4.27. The molecule has 0 saturated carbocycles. The Morgan fingerprint density at radius 2 is 1.78 bits per heavy atom. The van der Waals surface area contributed by atoms with Crippen LogP contribution in [0.15, 0.2) is 47.7 Å². The fourth-order valence-corrected chi connectivity index (χ4v) is 1.95. The van der Waals surface area contributed by atoms with Crippen molar-refractivity contribution in [1.82, 2.24) is 4.98 Å². The van der Waals surface area contributed by atoms with Crippen LogP contribution in [-0.4, -0.2) is 17.7 Å². The van der Waals surface area contributed by atoms with E-state index in [1.165, 1.54) is 11.1 Å². The highest BCUT2D eigenvalue weighted by atomic mass is 14.7. The van der Waals surface area contributed by atoms with E-state index in [0.29, 0.717) is 0 Å². The summed E-state index contributed by atoms with van der Waals surface area (Å²) in [5.41, 5.74) is 4.60. The highest BCUT2D eigenvalue weighted by Crippen LogP contribution is 2.14. The summed E-state index contributed by atoms with van der Waals surface area (Å²) < 4.78 is 0. The first-order valence-electron chi connectivity index (χ1n) is 5.97. The zero-order chi connectivity index (χ0) is 12.2. The van der Waals surface area contributed by atoms with Crippen LogP contribution < -0.4 is 0 Å². The van der Waals surface area contributed by atoms with Crippen LogP contribution in [0.3, 0.4) is 0 Å². The summed E-state index contributed by atoms with van der Waals surface area (Å²) in [6, 6.07) is 10.1. The van der Waals surface area contributed by atoms with E-state index < -0.39 is 0 Å². The molecule has 2 heteroatoms. The van der Waals surface area contributed by atoms with E-state index in [9.17, 15) is 0 Å². The van der Waals surface area contributed by atoms with Crippen molar-refractivity contribution in [2.75, 3.05) is 6.54 Å². The Hall–Kier alpha value is -2.40. The van der Waals surface area contributed by atoms with Gasteiger partial charge in [0, 0.05) is 36.3 Å². The maximum atomic E-state index is 4.27. The Morgan fingerprint density at radius 1 is 0.944 bits per heavy atom. The van der Waals surface area contributed by atoms with Gasteiger partial charge in [-0.1, -0.05) is 17.9 Å². The molecule has 86 valence electrons. The summed E-state index contributed by atoms with van der Waals surface area (Å²) in [7, 11) is 0. The number of benzene rings is 1. The third-order valence-electron chi connectivity index (χ3n) is 2.92. The van der Waals surface area contributed by atoms with Crippen molar-refractivity contribution in [3.05, 3.63) is 65.0 Å². The predicted molar refractivity (Wildman–Crippen MR) is 72.8 cm³/mol. The predicted octanol–water partition coefficient (Wildman–Crippen LogP) is 2.46. The molecule has 0 fully saturated rings. The van der Waals surface area contributed by atoms with Gasteiger partial charge in [-0.2, -0.15) is 0 Å². The van der Waals surface area contributed by atoms with E-state index in [0.717, 1.165) is 24.1 Å². The zero-order valence-electron chi connectivity index (χ0n) is 9.93. The molecule has 18 heavy (non-hydrogen) atoms. The van der Waals surface area contributed by atoms with Gasteiger partial charge in [0.1, 0.15) is 0 Å². The molecule has 0 atom stereocenters. The van der Waals surface area contributed by atoms with Crippen LogP contribution in [0.25, 0.3) is 0 Å². The van der Waals surface area contributed by atoms with Crippen LogP contribution in [0.2, 0.25) is 0 Å². The smallest absolute Gasteiger partial charge is 0.0430 e. The lowest BCUT2D eigenvalue weighted by atomic mass is 10.0. The van der Waals surface area contributed by atoms with Gasteiger partial charge in [-0.25, -0.2) is 0 Å². The lowest BCUT2D eigenvalue weighted by Crippen LogP contribution is -2.02. The van der Waals surface area contributed by atoms with Crippen molar-refractivity contribution in [3.8, 4) is 11.8 Å². The summed E-state index contributed by atoms with van der Waals surface area (Å²) >= 11 is 0. The second-order valence-electron chi connectivity index (χ2n) is 4.18. The second-order valence-corrected chi connectivity index (χ2v) is 4.18. The van der Waals surface area contributed by atoms with Gasteiger partial charge in [0.05, 0.1) is 0 Å². The number of rotatable bonds is 0. The van der Waals surface area contributed by atoms with Gasteiger partial charge in [0.2, 0.25) is 0 Å². The Kier molecular flexibility index (Phi) is 2.89. The van der Waals surface area contributed by atoms with Crippen molar-refractivity contribution in [1.29, 1.82) is 0 Å². The molecule has 1 aromatic heterocycles. The molecule has 3 rings (SSSR count). The van der Waals surface area contributed by atoms with E-state index in [1.54, 1.807) is 12.4 Å². The highest BCUT2D eigenvalue weighted by molar-refractivity contribution is 5.83. The van der Waals surface area contributed by atoms with Crippen molar-refractivity contribution >= 4 is 6.21 Å². The quantitative estimate of drug-likeness (QED) is 0.640. The van der Waals surface area contributed by atoms with Crippen molar-refractivity contribution in [3.63, 3.8) is 0 Å². The van der Waals surface area contributed by atoms with Crippen molar-refractivity contribution in [2.45, 2.75) is 6.42 Å². The van der Waals surface area contributed by atoms with E-state index in [1.807, 2.05) is 24.4 Å². The fourth-order valence-electron chi connectivity index (χ4n) is 1.95. The first kappa shape index (κ1) is 10.7. The molecule has 1 aliphatic heterocycles. The van der Waals surface area contributed by atoms with Gasteiger partial charge in [-0.15, -0.1) is 0 Å². The molecule has 2 aromatic rings. The number of pyridine rings is 1. The van der Waals surface area contributed by atoms with Gasteiger partial charge in [-0.05, 0) is 41.8 Å². The minimum Gasteiger partial charge on any atom is -0.292 e. The molecule has 1 aromatic carbocycles. The Morgan fingerprint density at radius 3 is 2.67 bits per heavy atom. The number of hydrogen-bond donors (Lipinski definition) is 0. The molecule has 1 aliphatic rings. The summed E-state index contributed by atoms with van der Waals surface area (Å²) in [6.45, 7) is 0.883. The molecule has 2 heterocycles. The van der Waals surface area contributed by atoms with Gasteiger partial charge >= 0.3 is 0 Å². The maximum Gasteiger partial charge on any atom is 0.0430 e. The standard InChI is InChI=1S/C16H12N2/c1(13-5-8-17-9-6-13)2-14-3-4-16-12-18-10-7-15(16)11-14/h3-6,8-9,11-12H,7,10H2. The minimum atomic E-state index is 0.883. The lowest BCUT2D eigenvalue weighted by Gasteiger charge is -2.09. The summed E-state index contributed by atoms with van der Waals surface area (Å²) in [5, 5.41) is 0. The molecule has 2 nitrogen and oxygen atoms in total. The molecule has 0 unspecified atom stereocenters. The highest BCUT2D eigenvalue weighted by Gasteiger charge is 2.04. The summed E-state index contributed by atoms with van der Waals surface area (Å²) in [5.74, 6) is 6.33. The van der Waals surface area contributed by atoms with Crippen molar-refractivity contribution in [2.24, 2.45) is 4.99 Å². The Bertz CT molecular complexity index is 646. The Labute approximate surface area is 106 Å². The van der Waals surface area contributed by atoms with E-state index in [2.05, 4.69) is 33.9 Å². The van der Waals surface area contributed by atoms with Crippen LogP contribution in [0.4, 0.5) is 0 Å². The zero-order valence-corrected chi connectivity index (χ0v) is 9.93. The summed E-state index contributed by atoms with van der Waals surface area (Å²) in [4.78, 5) is 8.25. The van der Waals surface area contributed by atoms with Gasteiger partial charge in [0.25, 0.3) is 0 Å². The van der Waals surface area contributed by atoms with E-state index in [4.69, 9.17) is 0 Å². The first-order chi connectivity index (χ1) is 8.92. The number of fused-ring (bicyclic) bond motifs is 1. The second kappa shape index (κ2) is 4.85. The van der Waals surface area contributed by atoms with Gasteiger partial charge < -0.3 is 0 Å². The Balaban J connectivity index is 1.91. The largest absolute Gasteiger partial charge is 0.292 e. The third kappa shape index (κ3) is 2.31. The molecule has 0 saturated heterocycles. The lowest BCUT2D eigenvalue weighted by molar-refractivity contribution is 0.952. The number of aliphatic imine (C=N–C) groups is 1. The van der Waals surface area contributed by atoms with Crippen LogP contribution in [0.5, 0.6) is 0 Å². The normalized spacial score (nSPS) is 12.4. The average Bonchev–Trinajstić information content (AvgIpc) is 2.46. The first-order valence-corrected chi connectivity index (χ1v) is 5.97. The minimum absolute atomic E-state index is 0.883. The molecule has 0 aliphatic carbocycles. The number of nitrogens with zero attached hydrogens (tertiary/aromatic N) is 2. The van der Waals surface area contributed by atoms with E-state index >= 15 is 0 Å². The molecule has 0 N–H and O–H groups in total. The average molecular weight is 232 g/mol. The van der Waals surface area contributed by atoms with Crippen LogP contribution in [0.1, 0.15) is 22.3 Å². The molecular weight excluding hydrogens is 220 g/mol. The molecule has 0 spiro atoms. The van der Waals surface area contributed by atoms with Gasteiger partial charge in [0.15, 0.2) is 0 Å². The molecule has 0 bridgehead atoms. The number of hydrogen-bond acceptors (Lipinski definition) is 2. The molecule has 0 amide bonds. The molecular formula is C16H12N2. The van der Waals surface area contributed by atoms with Crippen LogP contribution in [-0.2, 0) is 6.42 Å². The van der Waals surface area contributed by atoms with Crippen molar-refractivity contribution < 1.29 is 0 Å². The topological polar surface area (TPSA) is 25.2 Å². The van der Waals surface area contributed by atoms with Crippen LogP contribution >= 0.6 is 0 Å². The van der Waals surface area contributed by atoms with Crippen LogP contribution in [0, 0.1) is 11.8 Å². The SMILES string of the molecule is C(#Cc1ccc2c(c1)CCN=C2)c1ccncc1. The fraction of sp³-hybridized carbons (Fsp3) is 0.125. The summed E-state index contributed by atoms with van der Waals surface area (Å²) in [6.07, 6.45) is 6.47. The third-order valence-corrected chi connectivity index (χ3v) is 2.92. The van der Waals surface area contributed by atoms with Gasteiger partial charge in [-0.3, -0.25) is 9.98 Å². The molecule has 0 radical (unpaired) electrons. The number of aromatic nitrogens is 1. The van der Waals surface area contributed by atoms with E-state index in [-0.39, 0.29) is 0 Å². The monoisotopic (exact) mass is 232 g/mol.